The molecule has 0 heterocycles. The van der Waals surface area contributed by atoms with E-state index < -0.39 is 8.32 Å². The lowest BCUT2D eigenvalue weighted by Crippen LogP contribution is -2.25. The third kappa shape index (κ3) is 6.47. The molecule has 0 unspecified atom stereocenters. The van der Waals surface area contributed by atoms with Crippen molar-refractivity contribution < 1.29 is 4.43 Å². The lowest BCUT2D eigenvalue weighted by molar-refractivity contribution is 0.301. The zero-order chi connectivity index (χ0) is 11.1. The molecule has 1 rings (SSSR count). The molecule has 0 saturated heterocycles. The van der Waals surface area contributed by atoms with E-state index >= 15 is 0 Å². The van der Waals surface area contributed by atoms with Gasteiger partial charge in [-0.25, -0.2) is 0 Å². The van der Waals surface area contributed by atoms with E-state index in [4.69, 9.17) is 4.43 Å². The zero-order valence-corrected chi connectivity index (χ0v) is 11.1. The minimum absolute atomic E-state index is 0.933. The number of unbranched alkanes of at least 4 members (excludes halogenated alkanes) is 1. The summed E-state index contributed by atoms with van der Waals surface area (Å²) in [6, 6.07) is 10.7. The molecule has 1 aromatic rings. The van der Waals surface area contributed by atoms with Crippen LogP contribution in [0.15, 0.2) is 30.3 Å². The van der Waals surface area contributed by atoms with Gasteiger partial charge in [0, 0.05) is 6.61 Å². The maximum atomic E-state index is 5.81. The summed E-state index contributed by atoms with van der Waals surface area (Å²) in [5, 5.41) is 0. The molecule has 0 bridgehead atoms. The number of rotatable bonds is 6. The molecule has 0 amide bonds. The standard InChI is InChI=1S/C13H22OSi/c1-15(2,3)14-12-8-7-11-13-9-5-4-6-10-13/h4-6,9-10H,7-8,11-12H2,1-3H3. The summed E-state index contributed by atoms with van der Waals surface area (Å²) < 4.78 is 5.81. The second kappa shape index (κ2) is 6.08. The molecule has 15 heavy (non-hydrogen) atoms. The Kier molecular flexibility index (Phi) is 5.06. The Morgan fingerprint density at radius 1 is 1.00 bits per heavy atom. The largest absolute Gasteiger partial charge is 0.418 e. The van der Waals surface area contributed by atoms with Crippen molar-refractivity contribution in [1.29, 1.82) is 0 Å². The lowest BCUT2D eigenvalue weighted by atomic mass is 10.1. The Balaban J connectivity index is 2.08. The molecular formula is C13H22OSi. The molecule has 0 atom stereocenters. The summed E-state index contributed by atoms with van der Waals surface area (Å²) in [7, 11) is -1.29. The summed E-state index contributed by atoms with van der Waals surface area (Å²) in [5.74, 6) is 0. The van der Waals surface area contributed by atoms with Gasteiger partial charge < -0.3 is 4.43 Å². The fraction of sp³-hybridized carbons (Fsp3) is 0.538. The predicted molar refractivity (Wildman–Crippen MR) is 68.7 cm³/mol. The van der Waals surface area contributed by atoms with Crippen LogP contribution in [0.3, 0.4) is 0 Å². The van der Waals surface area contributed by atoms with E-state index in [9.17, 15) is 0 Å². The van der Waals surface area contributed by atoms with E-state index in [1.807, 2.05) is 0 Å². The summed E-state index contributed by atoms with van der Waals surface area (Å²) in [6.07, 6.45) is 3.59. The Morgan fingerprint density at radius 3 is 2.27 bits per heavy atom. The van der Waals surface area contributed by atoms with Crippen LogP contribution in [0.1, 0.15) is 18.4 Å². The quantitative estimate of drug-likeness (QED) is 0.524. The van der Waals surface area contributed by atoms with Crippen LogP contribution in [0.4, 0.5) is 0 Å². The fourth-order valence-electron chi connectivity index (χ4n) is 1.45. The normalized spacial score (nSPS) is 11.7. The number of aryl methyl sites for hydroxylation is 1. The number of hydrogen-bond acceptors (Lipinski definition) is 1. The minimum Gasteiger partial charge on any atom is -0.418 e. The monoisotopic (exact) mass is 222 g/mol. The average molecular weight is 222 g/mol. The summed E-state index contributed by atoms with van der Waals surface area (Å²) in [5.41, 5.74) is 1.44. The van der Waals surface area contributed by atoms with Gasteiger partial charge in [0.05, 0.1) is 0 Å². The van der Waals surface area contributed by atoms with Crippen LogP contribution in [0.5, 0.6) is 0 Å². The van der Waals surface area contributed by atoms with Gasteiger partial charge in [0.25, 0.3) is 0 Å². The van der Waals surface area contributed by atoms with Gasteiger partial charge in [-0.15, -0.1) is 0 Å². The topological polar surface area (TPSA) is 9.23 Å². The summed E-state index contributed by atoms with van der Waals surface area (Å²) in [4.78, 5) is 0. The molecular weight excluding hydrogens is 200 g/mol. The fourth-order valence-corrected chi connectivity index (χ4v) is 2.21. The second-order valence-electron chi connectivity index (χ2n) is 4.90. The van der Waals surface area contributed by atoms with E-state index in [0.717, 1.165) is 6.61 Å². The molecule has 0 fully saturated rings. The molecule has 1 nitrogen and oxygen atoms in total. The van der Waals surface area contributed by atoms with Crippen molar-refractivity contribution in [2.75, 3.05) is 6.61 Å². The highest BCUT2D eigenvalue weighted by Gasteiger charge is 2.12. The van der Waals surface area contributed by atoms with Crippen molar-refractivity contribution in [1.82, 2.24) is 0 Å². The van der Waals surface area contributed by atoms with E-state index in [1.54, 1.807) is 0 Å². The summed E-state index contributed by atoms with van der Waals surface area (Å²) >= 11 is 0. The first-order valence-electron chi connectivity index (χ1n) is 5.76. The molecule has 0 aromatic heterocycles. The van der Waals surface area contributed by atoms with Crippen LogP contribution in [0, 0.1) is 0 Å². The maximum Gasteiger partial charge on any atom is 0.183 e. The van der Waals surface area contributed by atoms with Crippen molar-refractivity contribution >= 4 is 8.32 Å². The van der Waals surface area contributed by atoms with E-state index in [2.05, 4.69) is 50.0 Å². The van der Waals surface area contributed by atoms with Crippen molar-refractivity contribution in [3.05, 3.63) is 35.9 Å². The molecule has 0 N–H and O–H groups in total. The van der Waals surface area contributed by atoms with E-state index in [0.29, 0.717) is 0 Å². The minimum atomic E-state index is -1.29. The molecule has 0 aliphatic rings. The van der Waals surface area contributed by atoms with Gasteiger partial charge in [0.2, 0.25) is 0 Å². The highest BCUT2D eigenvalue weighted by molar-refractivity contribution is 6.69. The molecule has 1 aromatic carbocycles. The third-order valence-corrected chi connectivity index (χ3v) is 3.31. The van der Waals surface area contributed by atoms with Crippen LogP contribution < -0.4 is 0 Å². The SMILES string of the molecule is C[Si](C)(C)OCCCCc1ccccc1. The molecule has 0 spiro atoms. The predicted octanol–water partition coefficient (Wildman–Crippen LogP) is 3.86. The Bertz CT molecular complexity index is 264. The Labute approximate surface area is 94.6 Å². The van der Waals surface area contributed by atoms with Crippen LogP contribution in [-0.4, -0.2) is 14.9 Å². The Hall–Kier alpha value is -0.603. The van der Waals surface area contributed by atoms with Gasteiger partial charge in [0.1, 0.15) is 0 Å². The van der Waals surface area contributed by atoms with Crippen molar-refractivity contribution in [2.24, 2.45) is 0 Å². The average Bonchev–Trinajstić information content (AvgIpc) is 2.17. The smallest absolute Gasteiger partial charge is 0.183 e. The van der Waals surface area contributed by atoms with Crippen LogP contribution in [0.25, 0.3) is 0 Å². The molecule has 0 saturated carbocycles. The lowest BCUT2D eigenvalue weighted by Gasteiger charge is -2.16. The molecule has 0 radical (unpaired) electrons. The Morgan fingerprint density at radius 2 is 1.67 bits per heavy atom. The zero-order valence-electron chi connectivity index (χ0n) is 10.1. The third-order valence-electron chi connectivity index (χ3n) is 2.24. The number of hydrogen-bond donors (Lipinski definition) is 0. The number of benzene rings is 1. The van der Waals surface area contributed by atoms with Gasteiger partial charge in [-0.1, -0.05) is 30.3 Å². The van der Waals surface area contributed by atoms with Gasteiger partial charge in [0.15, 0.2) is 8.32 Å². The molecule has 0 aliphatic carbocycles. The van der Waals surface area contributed by atoms with E-state index in [1.165, 1.54) is 24.8 Å². The first-order valence-corrected chi connectivity index (χ1v) is 9.17. The molecule has 84 valence electrons. The van der Waals surface area contributed by atoms with Gasteiger partial charge in [-0.05, 0) is 44.5 Å². The second-order valence-corrected chi connectivity index (χ2v) is 9.42. The molecule has 2 heteroatoms. The maximum absolute atomic E-state index is 5.81. The van der Waals surface area contributed by atoms with Gasteiger partial charge in [-0.3, -0.25) is 0 Å². The first kappa shape index (κ1) is 12.5. The highest BCUT2D eigenvalue weighted by atomic mass is 28.4. The van der Waals surface area contributed by atoms with Crippen LogP contribution >= 0.6 is 0 Å². The summed E-state index contributed by atoms with van der Waals surface area (Å²) in [6.45, 7) is 7.65. The van der Waals surface area contributed by atoms with Crippen LogP contribution in [0.2, 0.25) is 19.6 Å². The van der Waals surface area contributed by atoms with Crippen molar-refractivity contribution in [3.8, 4) is 0 Å². The van der Waals surface area contributed by atoms with Crippen LogP contribution in [-0.2, 0) is 10.8 Å². The van der Waals surface area contributed by atoms with Gasteiger partial charge >= 0.3 is 0 Å². The van der Waals surface area contributed by atoms with Gasteiger partial charge in [-0.2, -0.15) is 0 Å². The van der Waals surface area contributed by atoms with E-state index in [-0.39, 0.29) is 0 Å². The van der Waals surface area contributed by atoms with Crippen molar-refractivity contribution in [2.45, 2.75) is 38.9 Å². The highest BCUT2D eigenvalue weighted by Crippen LogP contribution is 2.07. The molecule has 0 aliphatic heterocycles. The first-order chi connectivity index (χ1) is 7.08. The van der Waals surface area contributed by atoms with Crippen molar-refractivity contribution in [3.63, 3.8) is 0 Å².